The monoisotopic (exact) mass is 93.1 g/mol. The van der Waals surface area contributed by atoms with E-state index in [1.54, 1.807) is 6.21 Å². The first kappa shape index (κ1) is 4.31. The summed E-state index contributed by atoms with van der Waals surface area (Å²) in [6.07, 6.45) is 9.70. The summed E-state index contributed by atoms with van der Waals surface area (Å²) in [4.78, 5) is 3.97. The van der Waals surface area contributed by atoms with Gasteiger partial charge in [0.05, 0.1) is 6.54 Å². The topological polar surface area (TPSA) is 12.4 Å². The summed E-state index contributed by atoms with van der Waals surface area (Å²) in [5, 5.41) is 0. The molecule has 0 bridgehead atoms. The fourth-order valence-corrected chi connectivity index (χ4v) is 0.436. The van der Waals surface area contributed by atoms with Gasteiger partial charge in [0.15, 0.2) is 0 Å². The van der Waals surface area contributed by atoms with Gasteiger partial charge in [-0.05, 0) is 6.08 Å². The molecule has 1 nitrogen and oxygen atoms in total. The van der Waals surface area contributed by atoms with Gasteiger partial charge in [0, 0.05) is 6.21 Å². The van der Waals surface area contributed by atoms with Crippen LogP contribution in [-0.4, -0.2) is 12.8 Å². The average Bonchev–Trinajstić information content (AvgIpc) is 1.90. The Bertz CT molecular complexity index is 106. The summed E-state index contributed by atoms with van der Waals surface area (Å²) in [7, 11) is 0. The van der Waals surface area contributed by atoms with E-state index in [4.69, 9.17) is 0 Å². The van der Waals surface area contributed by atoms with Crippen molar-refractivity contribution in [1.82, 2.24) is 0 Å². The van der Waals surface area contributed by atoms with Gasteiger partial charge >= 0.3 is 0 Å². The van der Waals surface area contributed by atoms with E-state index in [-0.39, 0.29) is 0 Å². The van der Waals surface area contributed by atoms with Gasteiger partial charge in [-0.1, -0.05) is 18.2 Å². The molecule has 7 heavy (non-hydrogen) atoms. The molecule has 0 saturated carbocycles. The molecule has 1 aliphatic rings. The highest BCUT2D eigenvalue weighted by Gasteiger charge is 1.70. The van der Waals surface area contributed by atoms with Crippen molar-refractivity contribution in [3.05, 3.63) is 24.3 Å². The lowest BCUT2D eigenvalue weighted by Gasteiger charge is -1.71. The van der Waals surface area contributed by atoms with Gasteiger partial charge < -0.3 is 0 Å². The summed E-state index contributed by atoms with van der Waals surface area (Å²) >= 11 is 0. The second-order valence-corrected chi connectivity index (χ2v) is 1.33. The van der Waals surface area contributed by atoms with Crippen LogP contribution in [0.3, 0.4) is 0 Å². The van der Waals surface area contributed by atoms with Crippen molar-refractivity contribution in [3.8, 4) is 0 Å². The van der Waals surface area contributed by atoms with Crippen LogP contribution in [0.5, 0.6) is 0 Å². The quantitative estimate of drug-likeness (QED) is 0.426. The van der Waals surface area contributed by atoms with E-state index in [2.05, 4.69) is 4.99 Å². The molecule has 0 unspecified atom stereocenters. The number of hydrogen-bond acceptors (Lipinski definition) is 1. The van der Waals surface area contributed by atoms with Crippen molar-refractivity contribution in [3.63, 3.8) is 0 Å². The third kappa shape index (κ3) is 1.35. The van der Waals surface area contributed by atoms with E-state index in [9.17, 15) is 0 Å². The zero-order valence-corrected chi connectivity index (χ0v) is 4.04. The minimum Gasteiger partial charge on any atom is -0.289 e. The molecule has 0 fully saturated rings. The lowest BCUT2D eigenvalue weighted by molar-refractivity contribution is 1.27. The lowest BCUT2D eigenvalue weighted by atomic mass is 10.5. The fourth-order valence-electron chi connectivity index (χ4n) is 0.436. The van der Waals surface area contributed by atoms with Crippen LogP contribution in [0.15, 0.2) is 29.3 Å². The van der Waals surface area contributed by atoms with Crippen LogP contribution in [0, 0.1) is 0 Å². The maximum atomic E-state index is 3.97. The number of rotatable bonds is 0. The van der Waals surface area contributed by atoms with E-state index >= 15 is 0 Å². The summed E-state index contributed by atoms with van der Waals surface area (Å²) in [6, 6.07) is 0. The van der Waals surface area contributed by atoms with Gasteiger partial charge in [0.1, 0.15) is 0 Å². The second kappa shape index (κ2) is 2.35. The first-order valence-corrected chi connectivity index (χ1v) is 2.32. The average molecular weight is 93.1 g/mol. The molecular weight excluding hydrogens is 86.1 g/mol. The number of allylic oxidation sites excluding steroid dienone is 3. The van der Waals surface area contributed by atoms with Gasteiger partial charge in [0.25, 0.3) is 0 Å². The summed E-state index contributed by atoms with van der Waals surface area (Å²) in [5.41, 5.74) is 0. The second-order valence-electron chi connectivity index (χ2n) is 1.33. The number of aliphatic imine (C=N–C) groups is 1. The van der Waals surface area contributed by atoms with E-state index in [1.165, 1.54) is 0 Å². The van der Waals surface area contributed by atoms with Crippen LogP contribution >= 0.6 is 0 Å². The molecule has 36 valence electrons. The maximum Gasteiger partial charge on any atom is 0.0573 e. The standard InChI is InChI=1S/C6H7N/c1-2-4-6-7-5-3-1/h1-5H,6H2. The van der Waals surface area contributed by atoms with Gasteiger partial charge in [-0.3, -0.25) is 4.99 Å². The first-order chi connectivity index (χ1) is 3.50. The molecule has 0 aromatic heterocycles. The smallest absolute Gasteiger partial charge is 0.0573 e. The van der Waals surface area contributed by atoms with Crippen molar-refractivity contribution >= 4 is 6.21 Å². The zero-order valence-electron chi connectivity index (χ0n) is 4.04. The fraction of sp³-hybridized carbons (Fsp3) is 0.167. The van der Waals surface area contributed by atoms with Crippen molar-refractivity contribution in [2.45, 2.75) is 0 Å². The third-order valence-corrected chi connectivity index (χ3v) is 0.761. The van der Waals surface area contributed by atoms with Crippen molar-refractivity contribution in [2.24, 2.45) is 4.99 Å². The molecule has 0 radical (unpaired) electrons. The molecule has 0 amide bonds. The van der Waals surface area contributed by atoms with Crippen LogP contribution in [-0.2, 0) is 0 Å². The van der Waals surface area contributed by atoms with E-state index in [0.29, 0.717) is 0 Å². The summed E-state index contributed by atoms with van der Waals surface area (Å²) < 4.78 is 0. The Labute approximate surface area is 43.1 Å². The Morgan fingerprint density at radius 3 is 3.14 bits per heavy atom. The highest BCUT2D eigenvalue weighted by atomic mass is 14.7. The van der Waals surface area contributed by atoms with E-state index in [0.717, 1.165) is 6.54 Å². The molecule has 0 spiro atoms. The van der Waals surface area contributed by atoms with Crippen LogP contribution in [0.25, 0.3) is 0 Å². The Morgan fingerprint density at radius 2 is 2.14 bits per heavy atom. The summed E-state index contributed by atoms with van der Waals surface area (Å²) in [5.74, 6) is 0. The molecule has 1 aliphatic heterocycles. The van der Waals surface area contributed by atoms with Gasteiger partial charge in [-0.25, -0.2) is 0 Å². The molecule has 0 aromatic carbocycles. The Balaban J connectivity index is 2.60. The molecule has 1 rings (SSSR count). The van der Waals surface area contributed by atoms with Crippen LogP contribution in [0.2, 0.25) is 0 Å². The maximum absolute atomic E-state index is 3.97. The largest absolute Gasteiger partial charge is 0.289 e. The predicted octanol–water partition coefficient (Wildman–Crippen LogP) is 1.18. The minimum absolute atomic E-state index is 0.826. The molecule has 1 heterocycles. The molecule has 0 N–H and O–H groups in total. The molecule has 0 aromatic rings. The van der Waals surface area contributed by atoms with Crippen molar-refractivity contribution in [2.75, 3.05) is 6.54 Å². The van der Waals surface area contributed by atoms with E-state index < -0.39 is 0 Å². The Kier molecular flexibility index (Phi) is 1.44. The SMILES string of the molecule is C1=CC=NCC=C1. The van der Waals surface area contributed by atoms with E-state index in [1.807, 2.05) is 24.3 Å². The van der Waals surface area contributed by atoms with Crippen LogP contribution < -0.4 is 0 Å². The Morgan fingerprint density at radius 1 is 1.14 bits per heavy atom. The summed E-state index contributed by atoms with van der Waals surface area (Å²) in [6.45, 7) is 0.826. The molecular formula is C6H7N. The highest BCUT2D eigenvalue weighted by Crippen LogP contribution is 1.81. The highest BCUT2D eigenvalue weighted by molar-refractivity contribution is 5.72. The molecule has 1 heteroatoms. The van der Waals surface area contributed by atoms with Gasteiger partial charge in [-0.15, -0.1) is 0 Å². The third-order valence-electron chi connectivity index (χ3n) is 0.761. The number of hydrogen-bond donors (Lipinski definition) is 0. The lowest BCUT2D eigenvalue weighted by Crippen LogP contribution is -1.66. The van der Waals surface area contributed by atoms with Crippen molar-refractivity contribution < 1.29 is 0 Å². The van der Waals surface area contributed by atoms with Gasteiger partial charge in [-0.2, -0.15) is 0 Å². The first-order valence-electron chi connectivity index (χ1n) is 2.32. The Hall–Kier alpha value is -0.850. The van der Waals surface area contributed by atoms with Crippen LogP contribution in [0.4, 0.5) is 0 Å². The zero-order chi connectivity index (χ0) is 4.95. The van der Waals surface area contributed by atoms with Gasteiger partial charge in [0.2, 0.25) is 0 Å². The molecule has 0 saturated heterocycles. The molecule has 0 aliphatic carbocycles. The predicted molar refractivity (Wildman–Crippen MR) is 31.6 cm³/mol. The van der Waals surface area contributed by atoms with Crippen LogP contribution in [0.1, 0.15) is 0 Å². The minimum atomic E-state index is 0.826. The normalized spacial score (nSPS) is 17.1. The number of nitrogens with zero attached hydrogens (tertiary/aromatic N) is 1. The molecule has 0 atom stereocenters. The van der Waals surface area contributed by atoms with Crippen molar-refractivity contribution in [1.29, 1.82) is 0 Å².